The van der Waals surface area contributed by atoms with Crippen molar-refractivity contribution in [1.29, 1.82) is 0 Å². The van der Waals surface area contributed by atoms with Crippen LogP contribution in [0.15, 0.2) is 73.3 Å². The lowest BCUT2D eigenvalue weighted by molar-refractivity contribution is -0.919. The number of hydrogen-bond donors (Lipinski definition) is 0. The monoisotopic (exact) mass is 439 g/mol. The molecule has 0 spiro atoms. The first kappa shape index (κ1) is 22.6. The number of likely N-dealkylation sites (N-methyl/N-ethyl adjacent to an activating group) is 1. The van der Waals surface area contributed by atoms with E-state index in [-0.39, 0.29) is 17.0 Å². The van der Waals surface area contributed by atoms with E-state index in [0.717, 1.165) is 17.4 Å². The van der Waals surface area contributed by atoms with Crippen molar-refractivity contribution in [3.63, 3.8) is 0 Å². The van der Waals surface area contributed by atoms with Crippen LogP contribution in [0.5, 0.6) is 0 Å². The van der Waals surface area contributed by atoms with Gasteiger partial charge in [0.25, 0.3) is 0 Å². The van der Waals surface area contributed by atoms with E-state index in [0.29, 0.717) is 5.92 Å². The Morgan fingerprint density at radius 1 is 1.04 bits per heavy atom. The Bertz CT molecular complexity index is 774. The summed E-state index contributed by atoms with van der Waals surface area (Å²) in [4.78, 5) is 0. The van der Waals surface area contributed by atoms with Gasteiger partial charge >= 0.3 is 0 Å². The van der Waals surface area contributed by atoms with Crippen LogP contribution in [0.4, 0.5) is 0 Å². The summed E-state index contributed by atoms with van der Waals surface area (Å²) >= 11 is 0. The zero-order valence-electron chi connectivity index (χ0n) is 17.4. The summed E-state index contributed by atoms with van der Waals surface area (Å²) < 4.78 is 1.13. The van der Waals surface area contributed by atoms with Crippen molar-refractivity contribution in [2.45, 2.75) is 39.0 Å². The number of quaternary nitrogens is 1. The molecule has 0 amide bonds. The maximum Gasteiger partial charge on any atom is 0.0971 e. The van der Waals surface area contributed by atoms with Crippen LogP contribution < -0.4 is 17.0 Å². The molecule has 0 bridgehead atoms. The fourth-order valence-electron chi connectivity index (χ4n) is 4.63. The molecular formula is C26H34BrN. The Hall–Kier alpha value is -1.64. The molecule has 0 radical (unpaired) electrons. The molecule has 0 heterocycles. The maximum absolute atomic E-state index is 3.99. The first-order valence-corrected chi connectivity index (χ1v) is 10.5. The van der Waals surface area contributed by atoms with Crippen LogP contribution >= 0.6 is 0 Å². The highest BCUT2D eigenvalue weighted by Crippen LogP contribution is 2.42. The quantitative estimate of drug-likeness (QED) is 0.415. The van der Waals surface area contributed by atoms with E-state index >= 15 is 0 Å². The number of nitrogens with zero attached hydrogens (tertiary/aromatic N) is 1. The highest BCUT2D eigenvalue weighted by molar-refractivity contribution is 5.73. The molecule has 1 aliphatic carbocycles. The number of fused-ring (bicyclic) bond motifs is 1. The minimum atomic E-state index is 0. The van der Waals surface area contributed by atoms with E-state index in [9.17, 15) is 0 Å². The molecule has 1 unspecified atom stereocenters. The summed E-state index contributed by atoms with van der Waals surface area (Å²) in [6, 6.07) is 20.0. The van der Waals surface area contributed by atoms with E-state index in [4.69, 9.17) is 0 Å². The van der Waals surface area contributed by atoms with Gasteiger partial charge in [0.2, 0.25) is 0 Å². The Balaban J connectivity index is 0.00000280. The summed E-state index contributed by atoms with van der Waals surface area (Å²) in [7, 11) is 0. The molecule has 2 aromatic rings. The largest absolute Gasteiger partial charge is 1.00 e. The average molecular weight is 440 g/mol. The highest BCUT2D eigenvalue weighted by Gasteiger charge is 2.26. The van der Waals surface area contributed by atoms with Gasteiger partial charge in [-0.15, -0.1) is 0 Å². The molecule has 2 heteroatoms. The van der Waals surface area contributed by atoms with Gasteiger partial charge in [-0.1, -0.05) is 67.3 Å². The second kappa shape index (κ2) is 10.8. The molecule has 0 aliphatic heterocycles. The third kappa shape index (κ3) is 5.04. The Labute approximate surface area is 182 Å². The van der Waals surface area contributed by atoms with Crippen LogP contribution in [-0.4, -0.2) is 30.7 Å². The van der Waals surface area contributed by atoms with Crippen molar-refractivity contribution >= 4 is 5.57 Å². The van der Waals surface area contributed by atoms with Gasteiger partial charge in [-0.25, -0.2) is 0 Å². The number of allylic oxidation sites excluding steroid dienone is 1. The van der Waals surface area contributed by atoms with Crippen molar-refractivity contribution in [2.24, 2.45) is 0 Å². The Morgan fingerprint density at radius 2 is 1.71 bits per heavy atom. The predicted molar refractivity (Wildman–Crippen MR) is 118 cm³/mol. The smallest absolute Gasteiger partial charge is 0.0971 e. The van der Waals surface area contributed by atoms with Crippen molar-refractivity contribution < 1.29 is 21.5 Å². The summed E-state index contributed by atoms with van der Waals surface area (Å²) in [5, 5.41) is 0. The molecule has 0 aromatic heterocycles. The summed E-state index contributed by atoms with van der Waals surface area (Å²) in [6.07, 6.45) is 8.17. The summed E-state index contributed by atoms with van der Waals surface area (Å²) in [5.74, 6) is 0.535. The molecule has 0 N–H and O–H groups in total. The zero-order valence-corrected chi connectivity index (χ0v) is 19.0. The lowest BCUT2D eigenvalue weighted by atomic mass is 9.87. The molecule has 0 fully saturated rings. The topological polar surface area (TPSA) is 0 Å². The first-order chi connectivity index (χ1) is 13.2. The molecule has 3 rings (SSSR count). The normalized spacial score (nSPS) is 16.4. The molecule has 0 saturated heterocycles. The summed E-state index contributed by atoms with van der Waals surface area (Å²) in [6.45, 7) is 13.2. The Morgan fingerprint density at radius 3 is 2.39 bits per heavy atom. The van der Waals surface area contributed by atoms with Crippen LogP contribution in [-0.2, 0) is 6.42 Å². The molecular weight excluding hydrogens is 406 g/mol. The number of halogens is 1. The van der Waals surface area contributed by atoms with E-state index < -0.39 is 0 Å². The number of aryl methyl sites for hydroxylation is 1. The SMILES string of the molecule is C=CC[N+](CC)(CC)CCC=C(c1ccccc1)C1CCc2ccccc21.[Br-]. The molecule has 1 atom stereocenters. The predicted octanol–water partition coefficient (Wildman–Crippen LogP) is 3.24. The Kier molecular flexibility index (Phi) is 8.72. The summed E-state index contributed by atoms with van der Waals surface area (Å²) in [5.41, 5.74) is 5.96. The third-order valence-corrected chi connectivity index (χ3v) is 6.44. The maximum atomic E-state index is 3.99. The van der Waals surface area contributed by atoms with E-state index in [1.807, 2.05) is 0 Å². The molecule has 150 valence electrons. The van der Waals surface area contributed by atoms with Gasteiger partial charge in [-0.05, 0) is 55.0 Å². The number of hydrogen-bond acceptors (Lipinski definition) is 0. The van der Waals surface area contributed by atoms with Crippen LogP contribution in [0.25, 0.3) is 5.57 Å². The van der Waals surface area contributed by atoms with Gasteiger partial charge in [0.05, 0.1) is 26.2 Å². The van der Waals surface area contributed by atoms with Gasteiger partial charge in [-0.3, -0.25) is 0 Å². The van der Waals surface area contributed by atoms with Crippen LogP contribution in [0.2, 0.25) is 0 Å². The van der Waals surface area contributed by atoms with Crippen LogP contribution in [0.1, 0.15) is 49.3 Å². The first-order valence-electron chi connectivity index (χ1n) is 10.5. The van der Waals surface area contributed by atoms with Gasteiger partial charge in [0, 0.05) is 12.3 Å². The number of rotatable bonds is 9. The second-order valence-corrected chi connectivity index (χ2v) is 7.77. The van der Waals surface area contributed by atoms with Gasteiger partial charge in [0.15, 0.2) is 0 Å². The van der Waals surface area contributed by atoms with E-state index in [1.165, 1.54) is 54.7 Å². The van der Waals surface area contributed by atoms with Gasteiger partial charge in [0.1, 0.15) is 0 Å². The lowest BCUT2D eigenvalue weighted by Gasteiger charge is -2.35. The average Bonchev–Trinajstić information content (AvgIpc) is 3.15. The highest BCUT2D eigenvalue weighted by atomic mass is 79.9. The second-order valence-electron chi connectivity index (χ2n) is 7.77. The molecule has 1 nitrogen and oxygen atoms in total. The zero-order chi connectivity index (χ0) is 19.1. The van der Waals surface area contributed by atoms with Crippen LogP contribution in [0, 0.1) is 0 Å². The number of benzene rings is 2. The van der Waals surface area contributed by atoms with Crippen molar-refractivity contribution in [1.82, 2.24) is 0 Å². The minimum absolute atomic E-state index is 0. The fourth-order valence-corrected chi connectivity index (χ4v) is 4.63. The van der Waals surface area contributed by atoms with Gasteiger partial charge < -0.3 is 21.5 Å². The molecule has 1 aliphatic rings. The van der Waals surface area contributed by atoms with Crippen molar-refractivity contribution in [3.05, 3.63) is 90.0 Å². The molecule has 28 heavy (non-hydrogen) atoms. The van der Waals surface area contributed by atoms with Crippen molar-refractivity contribution in [2.75, 3.05) is 26.2 Å². The molecule has 2 aromatic carbocycles. The van der Waals surface area contributed by atoms with E-state index in [1.54, 1.807) is 0 Å². The minimum Gasteiger partial charge on any atom is -1.00 e. The van der Waals surface area contributed by atoms with Crippen LogP contribution in [0.3, 0.4) is 0 Å². The lowest BCUT2D eigenvalue weighted by Crippen LogP contribution is -3.00. The molecule has 0 saturated carbocycles. The van der Waals surface area contributed by atoms with E-state index in [2.05, 4.69) is 87.2 Å². The third-order valence-electron chi connectivity index (χ3n) is 6.44. The fraction of sp³-hybridized carbons (Fsp3) is 0.385. The van der Waals surface area contributed by atoms with Crippen molar-refractivity contribution in [3.8, 4) is 0 Å². The van der Waals surface area contributed by atoms with Gasteiger partial charge in [-0.2, -0.15) is 0 Å². The standard InChI is InChI=1S/C26H34N.BrH/c1-4-20-27(5-2,6-3)21-12-17-25(22-13-8-7-9-14-22)26-19-18-23-15-10-11-16-24(23)26;/h4,7-11,13-17,26H,1,5-6,12,18-21H2,2-3H3;1H/q+1;/p-1.